The molecule has 0 saturated heterocycles. The van der Waals surface area contributed by atoms with Gasteiger partial charge in [-0.15, -0.1) is 0 Å². The molecule has 0 unspecified atom stereocenters. The molecule has 124 valence electrons. The Balaban J connectivity index is 1.47. The summed E-state index contributed by atoms with van der Waals surface area (Å²) in [4.78, 5) is 16.2. The zero-order chi connectivity index (χ0) is 16.9. The van der Waals surface area contributed by atoms with Crippen LogP contribution in [0.3, 0.4) is 0 Å². The smallest absolute Gasteiger partial charge is 0.254 e. The van der Waals surface area contributed by atoms with Gasteiger partial charge >= 0.3 is 0 Å². The SMILES string of the molecule is CN(C)c1ccc(/C=N\NC(=O)CN2Cc3ccccc3C2)cc1. The second-order valence-electron chi connectivity index (χ2n) is 6.19. The van der Waals surface area contributed by atoms with Crippen LogP contribution in [-0.2, 0) is 17.9 Å². The van der Waals surface area contributed by atoms with Crippen LogP contribution in [0.2, 0.25) is 0 Å². The average Bonchev–Trinajstić information content (AvgIpc) is 2.97. The maximum Gasteiger partial charge on any atom is 0.254 e. The van der Waals surface area contributed by atoms with E-state index in [4.69, 9.17) is 0 Å². The normalized spacial score (nSPS) is 13.9. The van der Waals surface area contributed by atoms with E-state index in [1.54, 1.807) is 6.21 Å². The number of hydrazone groups is 1. The van der Waals surface area contributed by atoms with Gasteiger partial charge in [0.05, 0.1) is 12.8 Å². The summed E-state index contributed by atoms with van der Waals surface area (Å²) in [6, 6.07) is 16.3. The molecule has 0 saturated carbocycles. The zero-order valence-electron chi connectivity index (χ0n) is 14.1. The van der Waals surface area contributed by atoms with Crippen molar-refractivity contribution in [3.8, 4) is 0 Å². The summed E-state index contributed by atoms with van der Waals surface area (Å²) in [5.74, 6) is -0.0935. The highest BCUT2D eigenvalue weighted by Gasteiger charge is 2.19. The van der Waals surface area contributed by atoms with Gasteiger partial charge < -0.3 is 4.90 Å². The number of hydrogen-bond acceptors (Lipinski definition) is 4. The Kier molecular flexibility index (Phi) is 4.91. The number of carbonyl (C=O) groups is 1. The van der Waals surface area contributed by atoms with Gasteiger partial charge in [0, 0.05) is 32.9 Å². The van der Waals surface area contributed by atoms with Crippen molar-refractivity contribution in [2.45, 2.75) is 13.1 Å². The van der Waals surface area contributed by atoms with E-state index in [0.717, 1.165) is 24.3 Å². The lowest BCUT2D eigenvalue weighted by Gasteiger charge is -2.13. The highest BCUT2D eigenvalue weighted by atomic mass is 16.2. The van der Waals surface area contributed by atoms with E-state index in [9.17, 15) is 4.79 Å². The summed E-state index contributed by atoms with van der Waals surface area (Å²) in [6.07, 6.45) is 1.66. The molecule has 2 aromatic rings. The first kappa shape index (κ1) is 16.2. The summed E-state index contributed by atoms with van der Waals surface area (Å²) < 4.78 is 0. The van der Waals surface area contributed by atoms with Gasteiger partial charge in [-0.3, -0.25) is 9.69 Å². The Morgan fingerprint density at radius 2 is 1.75 bits per heavy atom. The van der Waals surface area contributed by atoms with Crippen molar-refractivity contribution in [3.63, 3.8) is 0 Å². The molecule has 0 atom stereocenters. The Labute approximate surface area is 142 Å². The van der Waals surface area contributed by atoms with E-state index in [0.29, 0.717) is 6.54 Å². The number of amides is 1. The van der Waals surface area contributed by atoms with Crippen molar-refractivity contribution in [1.29, 1.82) is 0 Å². The lowest BCUT2D eigenvalue weighted by Crippen LogP contribution is -2.32. The van der Waals surface area contributed by atoms with E-state index in [2.05, 4.69) is 27.6 Å². The molecule has 3 rings (SSSR count). The van der Waals surface area contributed by atoms with E-state index in [-0.39, 0.29) is 5.91 Å². The van der Waals surface area contributed by atoms with E-state index < -0.39 is 0 Å². The van der Waals surface area contributed by atoms with Crippen LogP contribution in [0.4, 0.5) is 5.69 Å². The minimum atomic E-state index is -0.0935. The van der Waals surface area contributed by atoms with Crippen molar-refractivity contribution in [2.24, 2.45) is 5.10 Å². The van der Waals surface area contributed by atoms with E-state index in [1.165, 1.54) is 11.1 Å². The molecule has 1 aliphatic heterocycles. The van der Waals surface area contributed by atoms with Crippen molar-refractivity contribution >= 4 is 17.8 Å². The molecule has 0 aromatic heterocycles. The fraction of sp³-hybridized carbons (Fsp3) is 0.263. The van der Waals surface area contributed by atoms with Crippen LogP contribution in [0.5, 0.6) is 0 Å². The second-order valence-corrected chi connectivity index (χ2v) is 6.19. The molecule has 0 aliphatic carbocycles. The highest BCUT2D eigenvalue weighted by molar-refractivity contribution is 5.83. The summed E-state index contributed by atoms with van der Waals surface area (Å²) >= 11 is 0. The Morgan fingerprint density at radius 1 is 1.12 bits per heavy atom. The molecule has 1 heterocycles. The van der Waals surface area contributed by atoms with E-state index >= 15 is 0 Å². The van der Waals surface area contributed by atoms with Crippen LogP contribution in [0.25, 0.3) is 0 Å². The topological polar surface area (TPSA) is 47.9 Å². The van der Waals surface area contributed by atoms with Crippen LogP contribution in [0, 0.1) is 0 Å². The number of nitrogens with zero attached hydrogens (tertiary/aromatic N) is 3. The lowest BCUT2D eigenvalue weighted by atomic mass is 10.1. The predicted octanol–water partition coefficient (Wildman–Crippen LogP) is 2.22. The van der Waals surface area contributed by atoms with Gasteiger partial charge in [0.25, 0.3) is 5.91 Å². The van der Waals surface area contributed by atoms with Crippen LogP contribution < -0.4 is 10.3 Å². The standard InChI is InChI=1S/C19H22N4O/c1-22(2)18-9-7-15(8-10-18)11-20-21-19(24)14-23-12-16-5-3-4-6-17(16)13-23/h3-11H,12-14H2,1-2H3,(H,21,24)/b20-11-. The highest BCUT2D eigenvalue weighted by Crippen LogP contribution is 2.21. The molecule has 0 fully saturated rings. The minimum Gasteiger partial charge on any atom is -0.378 e. The summed E-state index contributed by atoms with van der Waals surface area (Å²) in [7, 11) is 4.00. The summed E-state index contributed by atoms with van der Waals surface area (Å²) in [5.41, 5.74) is 7.28. The summed E-state index contributed by atoms with van der Waals surface area (Å²) in [6.45, 7) is 1.99. The third-order valence-electron chi connectivity index (χ3n) is 4.09. The number of hydrogen-bond donors (Lipinski definition) is 1. The number of carbonyl (C=O) groups excluding carboxylic acids is 1. The third kappa shape index (κ3) is 4.00. The first-order valence-corrected chi connectivity index (χ1v) is 8.00. The average molecular weight is 322 g/mol. The quantitative estimate of drug-likeness (QED) is 0.678. The molecule has 1 aliphatic rings. The van der Waals surface area contributed by atoms with Crippen LogP contribution in [-0.4, -0.2) is 37.7 Å². The fourth-order valence-corrected chi connectivity index (χ4v) is 2.79. The maximum atomic E-state index is 12.0. The number of nitrogens with one attached hydrogen (secondary N) is 1. The van der Waals surface area contributed by atoms with Crippen molar-refractivity contribution in [3.05, 3.63) is 65.2 Å². The predicted molar refractivity (Wildman–Crippen MR) is 97.1 cm³/mol. The molecule has 5 nitrogen and oxygen atoms in total. The second kappa shape index (κ2) is 7.27. The van der Waals surface area contributed by atoms with Gasteiger partial charge in [-0.1, -0.05) is 36.4 Å². The zero-order valence-corrected chi connectivity index (χ0v) is 14.1. The van der Waals surface area contributed by atoms with Crippen LogP contribution in [0.1, 0.15) is 16.7 Å². The molecular weight excluding hydrogens is 300 g/mol. The summed E-state index contributed by atoms with van der Waals surface area (Å²) in [5, 5.41) is 4.04. The van der Waals surface area contributed by atoms with Gasteiger partial charge in [0.15, 0.2) is 0 Å². The molecule has 1 amide bonds. The molecule has 24 heavy (non-hydrogen) atoms. The lowest BCUT2D eigenvalue weighted by molar-refractivity contribution is -0.122. The molecule has 1 N–H and O–H groups in total. The number of benzene rings is 2. The molecule has 0 bridgehead atoms. The molecule has 5 heteroatoms. The van der Waals surface area contributed by atoms with E-state index in [1.807, 2.05) is 55.4 Å². The molecule has 2 aromatic carbocycles. The van der Waals surface area contributed by atoms with Crippen molar-refractivity contribution in [2.75, 3.05) is 25.5 Å². The van der Waals surface area contributed by atoms with Gasteiger partial charge in [0.2, 0.25) is 0 Å². The first-order chi connectivity index (χ1) is 11.6. The first-order valence-electron chi connectivity index (χ1n) is 8.00. The van der Waals surface area contributed by atoms with Crippen LogP contribution >= 0.6 is 0 Å². The largest absolute Gasteiger partial charge is 0.378 e. The van der Waals surface area contributed by atoms with Gasteiger partial charge in [0.1, 0.15) is 0 Å². The van der Waals surface area contributed by atoms with Crippen molar-refractivity contribution in [1.82, 2.24) is 10.3 Å². The number of anilines is 1. The minimum absolute atomic E-state index is 0.0935. The molecular formula is C19H22N4O. The Hall–Kier alpha value is -2.66. The van der Waals surface area contributed by atoms with Gasteiger partial charge in [-0.25, -0.2) is 5.43 Å². The van der Waals surface area contributed by atoms with Crippen molar-refractivity contribution < 1.29 is 4.79 Å². The number of fused-ring (bicyclic) bond motifs is 1. The fourth-order valence-electron chi connectivity index (χ4n) is 2.79. The number of rotatable bonds is 5. The Bertz CT molecular complexity index is 712. The molecule has 0 spiro atoms. The van der Waals surface area contributed by atoms with Gasteiger partial charge in [-0.05, 0) is 28.8 Å². The third-order valence-corrected chi connectivity index (χ3v) is 4.09. The van der Waals surface area contributed by atoms with Gasteiger partial charge in [-0.2, -0.15) is 5.10 Å². The molecule has 0 radical (unpaired) electrons. The Morgan fingerprint density at radius 3 is 2.33 bits per heavy atom. The van der Waals surface area contributed by atoms with Crippen LogP contribution in [0.15, 0.2) is 53.6 Å². The monoisotopic (exact) mass is 322 g/mol. The maximum absolute atomic E-state index is 12.0.